The first-order valence-electron chi connectivity index (χ1n) is 5.51. The van der Waals surface area contributed by atoms with E-state index in [1.807, 2.05) is 42.5 Å². The second-order valence-corrected chi connectivity index (χ2v) is 3.76. The first-order valence-corrected chi connectivity index (χ1v) is 5.51. The molecule has 0 aromatic heterocycles. The molecule has 0 radical (unpaired) electrons. The normalized spacial score (nSPS) is 10.4. The van der Waals surface area contributed by atoms with Crippen LogP contribution in [0.5, 0.6) is 5.75 Å². The van der Waals surface area contributed by atoms with Crippen LogP contribution in [0.1, 0.15) is 11.1 Å². The molecule has 2 aromatic rings. The summed E-state index contributed by atoms with van der Waals surface area (Å²) in [5, 5.41) is 9.13. The van der Waals surface area contributed by atoms with Gasteiger partial charge in [-0.25, -0.2) is 0 Å². The van der Waals surface area contributed by atoms with Gasteiger partial charge < -0.3 is 5.11 Å². The maximum atomic E-state index is 9.13. The highest BCUT2D eigenvalue weighted by atomic mass is 16.6. The van der Waals surface area contributed by atoms with Crippen LogP contribution in [-0.2, 0) is 18.0 Å². The second-order valence-electron chi connectivity index (χ2n) is 3.76. The lowest BCUT2D eigenvalue weighted by atomic mass is 10.2. The average Bonchev–Trinajstić information content (AvgIpc) is 2.38. The van der Waals surface area contributed by atoms with Crippen molar-refractivity contribution in [2.24, 2.45) is 0 Å². The number of aromatic hydroxyl groups is 1. The van der Waals surface area contributed by atoms with Gasteiger partial charge in [0, 0.05) is 6.54 Å². The molecule has 0 saturated heterocycles. The minimum atomic E-state index is 0.277. The average molecular weight is 229 g/mol. The summed E-state index contributed by atoms with van der Waals surface area (Å²) in [7, 11) is 0. The maximum absolute atomic E-state index is 9.13. The smallest absolute Gasteiger partial charge is 0.115 e. The van der Waals surface area contributed by atoms with Gasteiger partial charge in [0.2, 0.25) is 0 Å². The third-order valence-electron chi connectivity index (χ3n) is 2.40. The third kappa shape index (κ3) is 3.90. The molecule has 3 heteroatoms. The molecule has 0 heterocycles. The number of benzene rings is 2. The molecule has 88 valence electrons. The fourth-order valence-electron chi connectivity index (χ4n) is 1.46. The molecule has 3 nitrogen and oxygen atoms in total. The van der Waals surface area contributed by atoms with Gasteiger partial charge in [-0.15, -0.1) is 0 Å². The number of phenolic OH excluding ortho intramolecular Hbond substituents is 1. The molecule has 0 aliphatic carbocycles. The van der Waals surface area contributed by atoms with E-state index in [9.17, 15) is 0 Å². The summed E-state index contributed by atoms with van der Waals surface area (Å²) in [6.45, 7) is 1.16. The molecule has 0 spiro atoms. The Morgan fingerprint density at radius 2 is 1.59 bits per heavy atom. The monoisotopic (exact) mass is 229 g/mol. The largest absolute Gasteiger partial charge is 0.508 e. The van der Waals surface area contributed by atoms with Crippen molar-refractivity contribution in [1.82, 2.24) is 5.48 Å². The van der Waals surface area contributed by atoms with Crippen molar-refractivity contribution in [3.63, 3.8) is 0 Å². The molecular formula is C14H15NO2. The summed E-state index contributed by atoms with van der Waals surface area (Å²) in [6.07, 6.45) is 0. The molecule has 0 amide bonds. The van der Waals surface area contributed by atoms with E-state index in [4.69, 9.17) is 9.94 Å². The van der Waals surface area contributed by atoms with Gasteiger partial charge in [0.25, 0.3) is 0 Å². The van der Waals surface area contributed by atoms with Crippen molar-refractivity contribution in [2.75, 3.05) is 0 Å². The fraction of sp³-hybridized carbons (Fsp3) is 0.143. The van der Waals surface area contributed by atoms with Gasteiger partial charge in [-0.3, -0.25) is 4.84 Å². The summed E-state index contributed by atoms with van der Waals surface area (Å²) < 4.78 is 0. The van der Waals surface area contributed by atoms with Gasteiger partial charge in [-0.05, 0) is 23.3 Å². The Morgan fingerprint density at radius 3 is 2.29 bits per heavy atom. The molecule has 2 rings (SSSR count). The zero-order chi connectivity index (χ0) is 11.9. The standard InChI is InChI=1S/C14H15NO2/c16-14-8-6-12(7-9-14)10-15-17-11-13-4-2-1-3-5-13/h1-9,15-16H,10-11H2. The predicted molar refractivity (Wildman–Crippen MR) is 66.2 cm³/mol. The van der Waals surface area contributed by atoms with Crippen molar-refractivity contribution >= 4 is 0 Å². The van der Waals surface area contributed by atoms with E-state index >= 15 is 0 Å². The van der Waals surface area contributed by atoms with Gasteiger partial charge in [0.1, 0.15) is 5.75 Å². The molecular weight excluding hydrogens is 214 g/mol. The molecule has 2 aromatic carbocycles. The highest BCUT2D eigenvalue weighted by Gasteiger charge is 1.94. The summed E-state index contributed by atoms with van der Waals surface area (Å²) in [5.74, 6) is 0.277. The minimum Gasteiger partial charge on any atom is -0.508 e. The van der Waals surface area contributed by atoms with Crippen LogP contribution in [0.15, 0.2) is 54.6 Å². The first kappa shape index (κ1) is 11.6. The topological polar surface area (TPSA) is 41.5 Å². The predicted octanol–water partition coefficient (Wildman–Crippen LogP) is 2.61. The Bertz CT molecular complexity index is 440. The number of hydrogen-bond donors (Lipinski definition) is 2. The maximum Gasteiger partial charge on any atom is 0.115 e. The van der Waals surface area contributed by atoms with E-state index in [-0.39, 0.29) is 5.75 Å². The van der Waals surface area contributed by atoms with Crippen LogP contribution < -0.4 is 5.48 Å². The molecule has 0 fully saturated rings. The number of hydrogen-bond acceptors (Lipinski definition) is 3. The molecule has 0 saturated carbocycles. The van der Waals surface area contributed by atoms with E-state index in [0.717, 1.165) is 11.1 Å². The van der Waals surface area contributed by atoms with Gasteiger partial charge in [-0.2, -0.15) is 5.48 Å². The van der Waals surface area contributed by atoms with E-state index in [2.05, 4.69) is 5.48 Å². The Labute approximate surface area is 101 Å². The Morgan fingerprint density at radius 1 is 0.882 bits per heavy atom. The number of hydroxylamine groups is 1. The summed E-state index contributed by atoms with van der Waals surface area (Å²) >= 11 is 0. The van der Waals surface area contributed by atoms with Gasteiger partial charge in [-0.1, -0.05) is 42.5 Å². The molecule has 2 N–H and O–H groups in total. The summed E-state index contributed by atoms with van der Waals surface area (Å²) in [4.78, 5) is 5.34. The lowest BCUT2D eigenvalue weighted by Crippen LogP contribution is -2.13. The van der Waals surface area contributed by atoms with Crippen LogP contribution in [0.2, 0.25) is 0 Å². The van der Waals surface area contributed by atoms with Crippen molar-refractivity contribution in [2.45, 2.75) is 13.2 Å². The van der Waals surface area contributed by atoms with Crippen molar-refractivity contribution in [3.8, 4) is 5.75 Å². The third-order valence-corrected chi connectivity index (χ3v) is 2.40. The summed E-state index contributed by atoms with van der Waals surface area (Å²) in [5.41, 5.74) is 5.08. The van der Waals surface area contributed by atoms with Gasteiger partial charge in [0.05, 0.1) is 6.61 Å². The van der Waals surface area contributed by atoms with Crippen LogP contribution in [0.3, 0.4) is 0 Å². The summed E-state index contributed by atoms with van der Waals surface area (Å²) in [6, 6.07) is 17.0. The molecule has 0 bridgehead atoms. The number of phenols is 1. The van der Waals surface area contributed by atoms with Crippen LogP contribution in [0.4, 0.5) is 0 Å². The lowest BCUT2D eigenvalue weighted by Gasteiger charge is -2.06. The molecule has 17 heavy (non-hydrogen) atoms. The van der Waals surface area contributed by atoms with Crippen molar-refractivity contribution in [3.05, 3.63) is 65.7 Å². The number of nitrogens with one attached hydrogen (secondary N) is 1. The quantitative estimate of drug-likeness (QED) is 0.611. The van der Waals surface area contributed by atoms with E-state index in [1.165, 1.54) is 0 Å². The SMILES string of the molecule is Oc1ccc(CNOCc2ccccc2)cc1. The Kier molecular flexibility index (Phi) is 4.13. The Balaban J connectivity index is 1.71. The molecule has 0 aliphatic rings. The van der Waals surface area contributed by atoms with Crippen LogP contribution >= 0.6 is 0 Å². The lowest BCUT2D eigenvalue weighted by molar-refractivity contribution is 0.0235. The fourth-order valence-corrected chi connectivity index (χ4v) is 1.46. The number of rotatable bonds is 5. The van der Waals surface area contributed by atoms with Gasteiger partial charge >= 0.3 is 0 Å². The zero-order valence-corrected chi connectivity index (χ0v) is 9.47. The van der Waals surface area contributed by atoms with Crippen molar-refractivity contribution < 1.29 is 9.94 Å². The van der Waals surface area contributed by atoms with E-state index in [0.29, 0.717) is 13.2 Å². The van der Waals surface area contributed by atoms with Crippen molar-refractivity contribution in [1.29, 1.82) is 0 Å². The highest BCUT2D eigenvalue weighted by Crippen LogP contribution is 2.09. The van der Waals surface area contributed by atoms with Crippen LogP contribution in [0.25, 0.3) is 0 Å². The van der Waals surface area contributed by atoms with E-state index < -0.39 is 0 Å². The van der Waals surface area contributed by atoms with E-state index in [1.54, 1.807) is 12.1 Å². The van der Waals surface area contributed by atoms with Crippen LogP contribution in [0, 0.1) is 0 Å². The highest BCUT2D eigenvalue weighted by molar-refractivity contribution is 5.25. The zero-order valence-electron chi connectivity index (χ0n) is 9.47. The Hall–Kier alpha value is -1.84. The first-order chi connectivity index (χ1) is 8.34. The molecule has 0 aliphatic heterocycles. The van der Waals surface area contributed by atoms with Crippen LogP contribution in [-0.4, -0.2) is 5.11 Å². The van der Waals surface area contributed by atoms with Gasteiger partial charge in [0.15, 0.2) is 0 Å². The minimum absolute atomic E-state index is 0.277. The molecule has 0 unspecified atom stereocenters. The molecule has 0 atom stereocenters. The second kappa shape index (κ2) is 6.03.